The van der Waals surface area contributed by atoms with Gasteiger partial charge in [-0.25, -0.2) is 0 Å². The van der Waals surface area contributed by atoms with E-state index in [1.54, 1.807) is 0 Å². The molecule has 148 valence electrons. The number of hydrogen-bond acceptors (Lipinski definition) is 2. The standard InChI is InChI=1S/C28H22N2Si/c1-4-12-23(13-5-1)31(24-14-6-2-7-15-24,25-16-8-3-9-17-25)28-19-21-29-22-26(28)27-18-10-11-20-30-27/h1-22H. The molecule has 0 atom stereocenters. The summed E-state index contributed by atoms with van der Waals surface area (Å²) in [5.41, 5.74) is 2.04. The number of rotatable bonds is 5. The second-order valence-electron chi connectivity index (χ2n) is 7.48. The minimum atomic E-state index is -2.61. The van der Waals surface area contributed by atoms with Crippen LogP contribution in [0.1, 0.15) is 0 Å². The molecule has 2 aromatic heterocycles. The van der Waals surface area contributed by atoms with E-state index in [0.29, 0.717) is 0 Å². The molecule has 0 spiro atoms. The zero-order chi connectivity index (χ0) is 20.9. The largest absolute Gasteiger partial charge is 0.264 e. The van der Waals surface area contributed by atoms with Crippen molar-refractivity contribution >= 4 is 28.8 Å². The predicted octanol–water partition coefficient (Wildman–Crippen LogP) is 3.52. The van der Waals surface area contributed by atoms with Gasteiger partial charge in [0.2, 0.25) is 0 Å². The van der Waals surface area contributed by atoms with Gasteiger partial charge in [0.25, 0.3) is 0 Å². The summed E-state index contributed by atoms with van der Waals surface area (Å²) in [7, 11) is -2.61. The Labute approximate surface area is 183 Å². The Hall–Kier alpha value is -3.82. The van der Waals surface area contributed by atoms with E-state index in [2.05, 4.69) is 113 Å². The molecule has 3 aromatic carbocycles. The number of benzene rings is 3. The Kier molecular flexibility index (Phi) is 5.25. The highest BCUT2D eigenvalue weighted by molar-refractivity contribution is 7.20. The average Bonchev–Trinajstić information content (AvgIpc) is 2.87. The fourth-order valence-corrected chi connectivity index (χ4v) is 9.41. The Morgan fingerprint density at radius 1 is 0.484 bits per heavy atom. The maximum absolute atomic E-state index is 4.69. The molecule has 3 heteroatoms. The molecule has 31 heavy (non-hydrogen) atoms. The fraction of sp³-hybridized carbons (Fsp3) is 0. The van der Waals surface area contributed by atoms with Crippen LogP contribution >= 0.6 is 0 Å². The summed E-state index contributed by atoms with van der Waals surface area (Å²) in [6.07, 6.45) is 5.73. The van der Waals surface area contributed by atoms with Gasteiger partial charge in [-0.2, -0.15) is 0 Å². The van der Waals surface area contributed by atoms with Crippen molar-refractivity contribution in [2.45, 2.75) is 0 Å². The van der Waals surface area contributed by atoms with Crippen LogP contribution < -0.4 is 20.7 Å². The molecule has 0 amide bonds. The van der Waals surface area contributed by atoms with E-state index >= 15 is 0 Å². The maximum Gasteiger partial charge on any atom is 0.180 e. The zero-order valence-corrected chi connectivity index (χ0v) is 18.1. The summed E-state index contributed by atoms with van der Waals surface area (Å²) in [6.45, 7) is 0. The van der Waals surface area contributed by atoms with Gasteiger partial charge >= 0.3 is 0 Å². The van der Waals surface area contributed by atoms with Crippen LogP contribution in [0, 0.1) is 0 Å². The monoisotopic (exact) mass is 414 g/mol. The predicted molar refractivity (Wildman–Crippen MR) is 131 cm³/mol. The SMILES string of the molecule is c1ccc([Si](c2ccccc2)(c2ccccc2)c2ccncc2-c2ccccn2)cc1. The first-order valence-electron chi connectivity index (χ1n) is 10.4. The lowest BCUT2D eigenvalue weighted by Gasteiger charge is -2.35. The number of nitrogens with zero attached hydrogens (tertiary/aromatic N) is 2. The second-order valence-corrected chi connectivity index (χ2v) is 11.3. The summed E-state index contributed by atoms with van der Waals surface area (Å²) in [5, 5.41) is 5.33. The molecule has 2 heterocycles. The van der Waals surface area contributed by atoms with Crippen molar-refractivity contribution in [3.63, 3.8) is 0 Å². The third-order valence-electron chi connectivity index (χ3n) is 5.79. The van der Waals surface area contributed by atoms with Gasteiger partial charge in [-0.05, 0) is 38.9 Å². The molecule has 0 radical (unpaired) electrons. The van der Waals surface area contributed by atoms with Crippen molar-refractivity contribution in [2.75, 3.05) is 0 Å². The lowest BCUT2D eigenvalue weighted by molar-refractivity contribution is 1.29. The van der Waals surface area contributed by atoms with Gasteiger partial charge in [0.15, 0.2) is 8.07 Å². The van der Waals surface area contributed by atoms with Crippen molar-refractivity contribution in [1.29, 1.82) is 0 Å². The van der Waals surface area contributed by atoms with E-state index in [-0.39, 0.29) is 0 Å². The van der Waals surface area contributed by atoms with Crippen LogP contribution in [0.4, 0.5) is 0 Å². The van der Waals surface area contributed by atoms with Crippen LogP contribution in [0.5, 0.6) is 0 Å². The molecule has 0 aliphatic carbocycles. The van der Waals surface area contributed by atoms with E-state index in [1.807, 2.05) is 30.7 Å². The lowest BCUT2D eigenvalue weighted by Crippen LogP contribution is -2.75. The highest BCUT2D eigenvalue weighted by Gasteiger charge is 2.43. The van der Waals surface area contributed by atoms with Gasteiger partial charge in [0.05, 0.1) is 5.69 Å². The maximum atomic E-state index is 4.69. The highest BCUT2D eigenvalue weighted by Crippen LogP contribution is 2.18. The summed E-state index contributed by atoms with van der Waals surface area (Å²) in [5.74, 6) is 0. The van der Waals surface area contributed by atoms with Crippen molar-refractivity contribution in [3.8, 4) is 11.3 Å². The van der Waals surface area contributed by atoms with Crippen LogP contribution in [0.25, 0.3) is 11.3 Å². The van der Waals surface area contributed by atoms with E-state index in [0.717, 1.165) is 11.3 Å². The van der Waals surface area contributed by atoms with Crippen LogP contribution in [0.2, 0.25) is 0 Å². The van der Waals surface area contributed by atoms with Gasteiger partial charge in [-0.3, -0.25) is 9.97 Å². The molecule has 5 aromatic rings. The van der Waals surface area contributed by atoms with Crippen LogP contribution in [-0.4, -0.2) is 18.0 Å². The Morgan fingerprint density at radius 2 is 1.00 bits per heavy atom. The molecule has 0 N–H and O–H groups in total. The molecular weight excluding hydrogens is 392 g/mol. The summed E-state index contributed by atoms with van der Waals surface area (Å²) >= 11 is 0. The highest BCUT2D eigenvalue weighted by atomic mass is 28.3. The van der Waals surface area contributed by atoms with Crippen molar-refractivity contribution < 1.29 is 0 Å². The first kappa shape index (κ1) is 19.2. The Morgan fingerprint density at radius 3 is 1.48 bits per heavy atom. The second kappa shape index (κ2) is 8.50. The summed E-state index contributed by atoms with van der Waals surface area (Å²) < 4.78 is 0. The van der Waals surface area contributed by atoms with Gasteiger partial charge < -0.3 is 0 Å². The van der Waals surface area contributed by atoms with E-state index < -0.39 is 8.07 Å². The number of pyridine rings is 2. The Bertz CT molecular complexity index is 1160. The van der Waals surface area contributed by atoms with Crippen molar-refractivity contribution in [3.05, 3.63) is 134 Å². The van der Waals surface area contributed by atoms with Gasteiger partial charge in [-0.15, -0.1) is 0 Å². The van der Waals surface area contributed by atoms with Gasteiger partial charge in [0.1, 0.15) is 0 Å². The molecule has 5 rings (SSSR count). The van der Waals surface area contributed by atoms with E-state index in [1.165, 1.54) is 20.7 Å². The lowest BCUT2D eigenvalue weighted by atomic mass is 10.2. The molecule has 2 nitrogen and oxygen atoms in total. The Balaban J connectivity index is 1.94. The third-order valence-corrected chi connectivity index (χ3v) is 10.6. The summed E-state index contributed by atoms with van der Waals surface area (Å²) in [4.78, 5) is 9.18. The topological polar surface area (TPSA) is 25.8 Å². The van der Waals surface area contributed by atoms with E-state index in [9.17, 15) is 0 Å². The normalized spacial score (nSPS) is 11.2. The molecule has 0 aliphatic rings. The number of aromatic nitrogens is 2. The molecular formula is C28H22N2Si. The smallest absolute Gasteiger partial charge is 0.180 e. The van der Waals surface area contributed by atoms with Crippen LogP contribution in [-0.2, 0) is 0 Å². The minimum Gasteiger partial charge on any atom is -0.264 e. The van der Waals surface area contributed by atoms with Crippen LogP contribution in [0.3, 0.4) is 0 Å². The van der Waals surface area contributed by atoms with Crippen molar-refractivity contribution in [1.82, 2.24) is 9.97 Å². The quantitative estimate of drug-likeness (QED) is 0.325. The molecule has 0 saturated heterocycles. The number of hydrogen-bond donors (Lipinski definition) is 0. The van der Waals surface area contributed by atoms with Gasteiger partial charge in [-0.1, -0.05) is 97.1 Å². The minimum absolute atomic E-state index is 0.949. The first-order chi connectivity index (χ1) is 15.4. The van der Waals surface area contributed by atoms with Gasteiger partial charge in [0, 0.05) is 24.2 Å². The first-order valence-corrected chi connectivity index (χ1v) is 12.4. The molecule has 0 saturated carbocycles. The molecule has 0 unspecified atom stereocenters. The fourth-order valence-electron chi connectivity index (χ4n) is 4.48. The average molecular weight is 415 g/mol. The summed E-state index contributed by atoms with van der Waals surface area (Å²) in [6, 6.07) is 41.0. The zero-order valence-electron chi connectivity index (χ0n) is 17.1. The molecule has 0 fully saturated rings. The third kappa shape index (κ3) is 3.39. The van der Waals surface area contributed by atoms with Crippen molar-refractivity contribution in [2.24, 2.45) is 0 Å². The van der Waals surface area contributed by atoms with Crippen LogP contribution in [0.15, 0.2) is 134 Å². The molecule has 0 aliphatic heterocycles. The van der Waals surface area contributed by atoms with E-state index in [4.69, 9.17) is 0 Å². The molecule has 0 bridgehead atoms.